The summed E-state index contributed by atoms with van der Waals surface area (Å²) in [6.45, 7) is 0. The summed E-state index contributed by atoms with van der Waals surface area (Å²) in [6.07, 6.45) is 0. The van der Waals surface area contributed by atoms with E-state index in [0.717, 1.165) is 33.4 Å². The summed E-state index contributed by atoms with van der Waals surface area (Å²) in [6, 6.07) is 28.5. The number of carbonyl (C=O) groups is 1. The number of ether oxygens (including phenoxy) is 1. The molecule has 0 radical (unpaired) electrons. The van der Waals surface area contributed by atoms with Crippen molar-refractivity contribution in [2.75, 3.05) is 7.11 Å². The van der Waals surface area contributed by atoms with Crippen LogP contribution in [0.15, 0.2) is 84.9 Å². The molecule has 0 saturated carbocycles. The van der Waals surface area contributed by atoms with Crippen LogP contribution in [0.2, 0.25) is 0 Å². The first kappa shape index (κ1) is 15.4. The highest BCUT2D eigenvalue weighted by molar-refractivity contribution is 6.13. The Bertz CT molecular complexity index is 940. The number of rotatable bonds is 3. The summed E-state index contributed by atoms with van der Waals surface area (Å²) < 4.78 is 5.15. The molecule has 4 rings (SSSR count). The molecule has 0 bridgehead atoms. The standard InChI is InChI=1S/C23H18O2/c1-25-23(24)22-19-15-9-8-14-18(19)20(16-10-4-2-5-11-16)21(22)17-12-6-3-7-13-17/h2-15,22H,1H3. The smallest absolute Gasteiger partial charge is 0.317 e. The third kappa shape index (κ3) is 2.56. The van der Waals surface area contributed by atoms with Crippen molar-refractivity contribution in [2.24, 2.45) is 0 Å². The van der Waals surface area contributed by atoms with Crippen LogP contribution in [0.5, 0.6) is 0 Å². The first-order chi connectivity index (χ1) is 12.3. The van der Waals surface area contributed by atoms with E-state index in [2.05, 4.69) is 30.3 Å². The summed E-state index contributed by atoms with van der Waals surface area (Å²) in [5.74, 6) is -0.629. The molecular weight excluding hydrogens is 308 g/mol. The van der Waals surface area contributed by atoms with Gasteiger partial charge in [-0.25, -0.2) is 0 Å². The minimum Gasteiger partial charge on any atom is -0.468 e. The second kappa shape index (κ2) is 6.40. The van der Waals surface area contributed by atoms with Crippen molar-refractivity contribution in [2.45, 2.75) is 5.92 Å². The molecular formula is C23H18O2. The van der Waals surface area contributed by atoms with E-state index in [9.17, 15) is 4.79 Å². The fourth-order valence-corrected chi connectivity index (χ4v) is 3.63. The third-order valence-corrected chi connectivity index (χ3v) is 4.68. The van der Waals surface area contributed by atoms with Crippen LogP contribution in [0.3, 0.4) is 0 Å². The summed E-state index contributed by atoms with van der Waals surface area (Å²) in [7, 11) is 1.45. The Morgan fingerprint density at radius 2 is 1.32 bits per heavy atom. The average molecular weight is 326 g/mol. The van der Waals surface area contributed by atoms with Crippen molar-refractivity contribution in [1.29, 1.82) is 0 Å². The quantitative estimate of drug-likeness (QED) is 0.639. The number of hydrogen-bond donors (Lipinski definition) is 0. The van der Waals surface area contributed by atoms with Gasteiger partial charge in [-0.1, -0.05) is 84.9 Å². The molecule has 1 aliphatic carbocycles. The van der Waals surface area contributed by atoms with Crippen molar-refractivity contribution in [1.82, 2.24) is 0 Å². The molecule has 0 aliphatic heterocycles. The van der Waals surface area contributed by atoms with E-state index >= 15 is 0 Å². The Morgan fingerprint density at radius 3 is 1.96 bits per heavy atom. The minimum absolute atomic E-state index is 0.225. The average Bonchev–Trinajstić information content (AvgIpc) is 3.04. The molecule has 25 heavy (non-hydrogen) atoms. The van der Waals surface area contributed by atoms with Gasteiger partial charge in [-0.05, 0) is 33.4 Å². The van der Waals surface area contributed by atoms with Crippen LogP contribution in [0.1, 0.15) is 28.2 Å². The zero-order chi connectivity index (χ0) is 17.2. The molecule has 1 aliphatic rings. The number of benzene rings is 3. The van der Waals surface area contributed by atoms with Crippen LogP contribution in [-0.4, -0.2) is 13.1 Å². The zero-order valence-electron chi connectivity index (χ0n) is 14.0. The van der Waals surface area contributed by atoms with Gasteiger partial charge in [0, 0.05) is 0 Å². The van der Waals surface area contributed by atoms with E-state index in [1.54, 1.807) is 0 Å². The molecule has 0 heterocycles. The Balaban J connectivity index is 2.06. The maximum atomic E-state index is 12.7. The Labute approximate surface area is 147 Å². The van der Waals surface area contributed by atoms with Gasteiger partial charge in [0.05, 0.1) is 7.11 Å². The predicted molar refractivity (Wildman–Crippen MR) is 100.0 cm³/mol. The molecule has 0 fully saturated rings. The molecule has 122 valence electrons. The first-order valence-corrected chi connectivity index (χ1v) is 8.33. The maximum Gasteiger partial charge on any atom is 0.317 e. The summed E-state index contributed by atoms with van der Waals surface area (Å²) in [5, 5.41) is 0. The predicted octanol–water partition coefficient (Wildman–Crippen LogP) is 4.92. The summed E-state index contributed by atoms with van der Waals surface area (Å²) in [5.41, 5.74) is 6.39. The highest BCUT2D eigenvalue weighted by Gasteiger charge is 2.37. The van der Waals surface area contributed by atoms with Crippen molar-refractivity contribution in [3.63, 3.8) is 0 Å². The first-order valence-electron chi connectivity index (χ1n) is 8.33. The molecule has 0 aromatic heterocycles. The molecule has 3 aromatic carbocycles. The van der Waals surface area contributed by atoms with E-state index in [1.165, 1.54) is 7.11 Å². The lowest BCUT2D eigenvalue weighted by atomic mass is 9.89. The largest absolute Gasteiger partial charge is 0.468 e. The fraction of sp³-hybridized carbons (Fsp3) is 0.0870. The van der Waals surface area contributed by atoms with Gasteiger partial charge in [0.1, 0.15) is 5.92 Å². The van der Waals surface area contributed by atoms with E-state index in [0.29, 0.717) is 0 Å². The molecule has 2 heteroatoms. The van der Waals surface area contributed by atoms with Gasteiger partial charge in [0.2, 0.25) is 0 Å². The second-order valence-electron chi connectivity index (χ2n) is 6.06. The van der Waals surface area contributed by atoms with E-state index in [1.807, 2.05) is 54.6 Å². The number of carbonyl (C=O) groups excluding carboxylic acids is 1. The van der Waals surface area contributed by atoms with Gasteiger partial charge in [-0.2, -0.15) is 0 Å². The lowest BCUT2D eigenvalue weighted by Gasteiger charge is -2.15. The highest BCUT2D eigenvalue weighted by atomic mass is 16.5. The van der Waals surface area contributed by atoms with Gasteiger partial charge < -0.3 is 4.74 Å². The number of hydrogen-bond acceptors (Lipinski definition) is 2. The Hall–Kier alpha value is -3.13. The zero-order valence-corrected chi connectivity index (χ0v) is 14.0. The Morgan fingerprint density at radius 1 is 0.760 bits per heavy atom. The van der Waals surface area contributed by atoms with Crippen LogP contribution in [0, 0.1) is 0 Å². The number of fused-ring (bicyclic) bond motifs is 1. The van der Waals surface area contributed by atoms with Crippen molar-refractivity contribution < 1.29 is 9.53 Å². The van der Waals surface area contributed by atoms with Crippen LogP contribution < -0.4 is 0 Å². The lowest BCUT2D eigenvalue weighted by molar-refractivity contribution is -0.140. The van der Waals surface area contributed by atoms with Gasteiger partial charge in [0.15, 0.2) is 0 Å². The molecule has 0 N–H and O–H groups in total. The van der Waals surface area contributed by atoms with Gasteiger partial charge in [-0.15, -0.1) is 0 Å². The van der Waals surface area contributed by atoms with Gasteiger partial charge >= 0.3 is 5.97 Å². The minimum atomic E-state index is -0.404. The van der Waals surface area contributed by atoms with Crippen LogP contribution >= 0.6 is 0 Å². The summed E-state index contributed by atoms with van der Waals surface area (Å²) >= 11 is 0. The molecule has 2 nitrogen and oxygen atoms in total. The Kier molecular flexibility index (Phi) is 3.95. The topological polar surface area (TPSA) is 26.3 Å². The molecule has 1 atom stereocenters. The molecule has 3 aromatic rings. The third-order valence-electron chi connectivity index (χ3n) is 4.68. The second-order valence-corrected chi connectivity index (χ2v) is 6.06. The van der Waals surface area contributed by atoms with Crippen molar-refractivity contribution in [3.05, 3.63) is 107 Å². The van der Waals surface area contributed by atoms with E-state index in [-0.39, 0.29) is 5.97 Å². The lowest BCUT2D eigenvalue weighted by Crippen LogP contribution is -2.14. The SMILES string of the molecule is COC(=O)C1C(c2ccccc2)=C(c2ccccc2)c2ccccc21. The molecule has 1 unspecified atom stereocenters. The van der Waals surface area contributed by atoms with Gasteiger partial charge in [-0.3, -0.25) is 4.79 Å². The van der Waals surface area contributed by atoms with E-state index < -0.39 is 5.92 Å². The number of esters is 1. The normalized spacial score (nSPS) is 15.8. The fourth-order valence-electron chi connectivity index (χ4n) is 3.63. The highest BCUT2D eigenvalue weighted by Crippen LogP contribution is 2.49. The molecule has 0 amide bonds. The molecule has 0 saturated heterocycles. The van der Waals surface area contributed by atoms with Gasteiger partial charge in [0.25, 0.3) is 0 Å². The number of methoxy groups -OCH3 is 1. The van der Waals surface area contributed by atoms with Crippen LogP contribution in [0.4, 0.5) is 0 Å². The maximum absolute atomic E-state index is 12.7. The van der Waals surface area contributed by atoms with Crippen LogP contribution in [-0.2, 0) is 9.53 Å². The van der Waals surface area contributed by atoms with E-state index in [4.69, 9.17) is 4.74 Å². The molecule has 0 spiro atoms. The van der Waals surface area contributed by atoms with Crippen LogP contribution in [0.25, 0.3) is 11.1 Å². The monoisotopic (exact) mass is 326 g/mol. The van der Waals surface area contributed by atoms with Crippen molar-refractivity contribution in [3.8, 4) is 0 Å². The van der Waals surface area contributed by atoms with Crippen molar-refractivity contribution >= 4 is 17.1 Å². The summed E-state index contributed by atoms with van der Waals surface area (Å²) in [4.78, 5) is 12.7.